The van der Waals surface area contributed by atoms with E-state index in [9.17, 15) is 9.59 Å². The minimum atomic E-state index is -0.671. The number of amides is 1. The number of ether oxygens (including phenoxy) is 1. The van der Waals surface area contributed by atoms with Gasteiger partial charge in [-0.15, -0.1) is 5.10 Å². The van der Waals surface area contributed by atoms with Gasteiger partial charge in [-0.25, -0.2) is 14.5 Å². The topological polar surface area (TPSA) is 126 Å². The normalized spacial score (nSPS) is 10.2. The van der Waals surface area contributed by atoms with Gasteiger partial charge in [0.25, 0.3) is 11.7 Å². The van der Waals surface area contributed by atoms with E-state index in [-0.39, 0.29) is 11.4 Å². The zero-order valence-electron chi connectivity index (χ0n) is 10.0. The first-order valence-electron chi connectivity index (χ1n) is 5.22. The Hall–Kier alpha value is -2.90. The number of carbonyl (C=O) groups is 2. The summed E-state index contributed by atoms with van der Waals surface area (Å²) in [4.78, 5) is 26.4. The number of primary amides is 1. The number of methoxy groups -OCH3 is 1. The SMILES string of the molecule is COC(=O)c1ncn(-c2ccc(N)cc2C(N)=O)n1. The van der Waals surface area contributed by atoms with E-state index in [0.29, 0.717) is 11.4 Å². The first kappa shape index (κ1) is 12.6. The van der Waals surface area contributed by atoms with Crippen molar-refractivity contribution in [2.75, 3.05) is 12.8 Å². The summed E-state index contributed by atoms with van der Waals surface area (Å²) in [6.07, 6.45) is 1.28. The van der Waals surface area contributed by atoms with Crippen molar-refractivity contribution in [2.24, 2.45) is 5.73 Å². The van der Waals surface area contributed by atoms with Gasteiger partial charge in [-0.1, -0.05) is 0 Å². The fourth-order valence-corrected chi connectivity index (χ4v) is 1.51. The van der Waals surface area contributed by atoms with Crippen LogP contribution in [0.4, 0.5) is 5.69 Å². The summed E-state index contributed by atoms with van der Waals surface area (Å²) < 4.78 is 5.75. The summed E-state index contributed by atoms with van der Waals surface area (Å²) in [7, 11) is 1.22. The number of nitrogens with zero attached hydrogens (tertiary/aromatic N) is 3. The first-order valence-corrected chi connectivity index (χ1v) is 5.22. The predicted molar refractivity (Wildman–Crippen MR) is 65.6 cm³/mol. The summed E-state index contributed by atoms with van der Waals surface area (Å²) in [6, 6.07) is 4.57. The average Bonchev–Trinajstić information content (AvgIpc) is 2.87. The van der Waals surface area contributed by atoms with E-state index >= 15 is 0 Å². The number of nitrogens with two attached hydrogens (primary N) is 2. The molecular weight excluding hydrogens is 250 g/mol. The van der Waals surface area contributed by atoms with Gasteiger partial charge in [0, 0.05) is 5.69 Å². The minimum Gasteiger partial charge on any atom is -0.463 e. The van der Waals surface area contributed by atoms with Gasteiger partial charge in [0.2, 0.25) is 0 Å². The molecular formula is C11H11N5O3. The Morgan fingerprint density at radius 3 is 2.74 bits per heavy atom. The van der Waals surface area contributed by atoms with Crippen molar-refractivity contribution in [1.82, 2.24) is 14.8 Å². The van der Waals surface area contributed by atoms with Crippen molar-refractivity contribution < 1.29 is 14.3 Å². The molecule has 1 amide bonds. The van der Waals surface area contributed by atoms with Gasteiger partial charge < -0.3 is 16.2 Å². The quantitative estimate of drug-likeness (QED) is 0.578. The molecule has 0 saturated carbocycles. The van der Waals surface area contributed by atoms with Crippen LogP contribution in [-0.2, 0) is 4.74 Å². The van der Waals surface area contributed by atoms with Gasteiger partial charge in [0.1, 0.15) is 6.33 Å². The zero-order chi connectivity index (χ0) is 14.0. The van der Waals surface area contributed by atoms with Crippen LogP contribution in [0.2, 0.25) is 0 Å². The Kier molecular flexibility index (Phi) is 3.15. The Morgan fingerprint density at radius 2 is 2.11 bits per heavy atom. The van der Waals surface area contributed by atoms with Crippen LogP contribution < -0.4 is 11.5 Å². The summed E-state index contributed by atoms with van der Waals surface area (Å²) in [5.74, 6) is -1.44. The molecule has 0 radical (unpaired) electrons. The fraction of sp³-hybridized carbons (Fsp3) is 0.0909. The maximum absolute atomic E-state index is 11.4. The van der Waals surface area contributed by atoms with E-state index in [4.69, 9.17) is 11.5 Å². The molecule has 0 fully saturated rings. The highest BCUT2D eigenvalue weighted by Crippen LogP contribution is 2.16. The van der Waals surface area contributed by atoms with E-state index in [1.807, 2.05) is 0 Å². The van der Waals surface area contributed by atoms with Crippen LogP contribution in [0, 0.1) is 0 Å². The van der Waals surface area contributed by atoms with Crippen molar-refractivity contribution in [3.8, 4) is 5.69 Å². The zero-order valence-corrected chi connectivity index (χ0v) is 10.0. The molecule has 1 aromatic heterocycles. The van der Waals surface area contributed by atoms with Crippen LogP contribution >= 0.6 is 0 Å². The van der Waals surface area contributed by atoms with Crippen molar-refractivity contribution >= 4 is 17.6 Å². The van der Waals surface area contributed by atoms with Gasteiger partial charge in [-0.3, -0.25) is 4.79 Å². The number of aromatic nitrogens is 3. The molecule has 2 aromatic rings. The van der Waals surface area contributed by atoms with Crippen LogP contribution in [0.5, 0.6) is 0 Å². The third-order valence-electron chi connectivity index (χ3n) is 2.39. The second-order valence-electron chi connectivity index (χ2n) is 3.65. The van der Waals surface area contributed by atoms with Crippen molar-refractivity contribution in [1.29, 1.82) is 0 Å². The molecule has 0 aliphatic carbocycles. The smallest absolute Gasteiger partial charge is 0.377 e. The van der Waals surface area contributed by atoms with E-state index in [1.54, 1.807) is 12.1 Å². The molecule has 1 aromatic carbocycles. The standard InChI is InChI=1S/C11H11N5O3/c1-19-11(18)10-14-5-16(15-10)8-3-2-6(12)4-7(8)9(13)17/h2-5H,12H2,1H3,(H2,13,17). The molecule has 0 unspecified atom stereocenters. The Balaban J connectivity index is 2.50. The maximum atomic E-state index is 11.4. The molecule has 0 aliphatic heterocycles. The lowest BCUT2D eigenvalue weighted by molar-refractivity contribution is 0.0587. The van der Waals surface area contributed by atoms with Crippen LogP contribution in [0.25, 0.3) is 5.69 Å². The number of nitrogen functional groups attached to an aromatic ring is 1. The molecule has 2 rings (SSSR count). The molecule has 0 atom stereocenters. The molecule has 8 nitrogen and oxygen atoms in total. The minimum absolute atomic E-state index is 0.116. The third-order valence-corrected chi connectivity index (χ3v) is 2.39. The average molecular weight is 261 g/mol. The van der Waals surface area contributed by atoms with Gasteiger partial charge in [-0.05, 0) is 18.2 Å². The lowest BCUT2D eigenvalue weighted by Gasteiger charge is -2.06. The van der Waals surface area contributed by atoms with Crippen molar-refractivity contribution in [3.05, 3.63) is 35.9 Å². The van der Waals surface area contributed by atoms with Gasteiger partial charge in [0.05, 0.1) is 18.4 Å². The monoisotopic (exact) mass is 261 g/mol. The highest BCUT2D eigenvalue weighted by molar-refractivity contribution is 5.97. The highest BCUT2D eigenvalue weighted by atomic mass is 16.5. The molecule has 98 valence electrons. The molecule has 19 heavy (non-hydrogen) atoms. The predicted octanol–water partition coefficient (Wildman–Crippen LogP) is -0.265. The lowest BCUT2D eigenvalue weighted by atomic mass is 10.1. The van der Waals surface area contributed by atoms with E-state index in [0.717, 1.165) is 0 Å². The maximum Gasteiger partial charge on any atom is 0.377 e. The van der Waals surface area contributed by atoms with Crippen LogP contribution in [0.15, 0.2) is 24.5 Å². The molecule has 0 saturated heterocycles. The summed E-state index contributed by atoms with van der Waals surface area (Å²) in [5.41, 5.74) is 11.8. The number of hydrogen-bond acceptors (Lipinski definition) is 6. The van der Waals surface area contributed by atoms with Crippen molar-refractivity contribution in [3.63, 3.8) is 0 Å². The summed E-state index contributed by atoms with van der Waals surface area (Å²) in [5, 5.41) is 3.91. The molecule has 1 heterocycles. The highest BCUT2D eigenvalue weighted by Gasteiger charge is 2.15. The third kappa shape index (κ3) is 2.37. The lowest BCUT2D eigenvalue weighted by Crippen LogP contribution is -2.15. The molecule has 0 bridgehead atoms. The fourth-order valence-electron chi connectivity index (χ4n) is 1.51. The Labute approximate surface area is 108 Å². The number of hydrogen-bond donors (Lipinski definition) is 2. The summed E-state index contributed by atoms with van der Waals surface area (Å²) in [6.45, 7) is 0. The second kappa shape index (κ2) is 4.77. The Morgan fingerprint density at radius 1 is 1.37 bits per heavy atom. The van der Waals surface area contributed by atoms with Gasteiger partial charge >= 0.3 is 5.97 Å². The van der Waals surface area contributed by atoms with Gasteiger partial charge in [0.15, 0.2) is 0 Å². The van der Waals surface area contributed by atoms with Crippen LogP contribution in [0.3, 0.4) is 0 Å². The first-order chi connectivity index (χ1) is 9.02. The number of carbonyl (C=O) groups excluding carboxylic acids is 2. The second-order valence-corrected chi connectivity index (χ2v) is 3.65. The van der Waals surface area contributed by atoms with E-state index < -0.39 is 11.9 Å². The van der Waals surface area contributed by atoms with E-state index in [2.05, 4.69) is 14.8 Å². The molecule has 8 heteroatoms. The summed E-state index contributed by atoms with van der Waals surface area (Å²) >= 11 is 0. The number of esters is 1. The number of rotatable bonds is 3. The van der Waals surface area contributed by atoms with E-state index in [1.165, 1.54) is 24.2 Å². The van der Waals surface area contributed by atoms with Gasteiger partial charge in [-0.2, -0.15) is 0 Å². The van der Waals surface area contributed by atoms with Crippen LogP contribution in [0.1, 0.15) is 21.0 Å². The number of benzene rings is 1. The molecule has 0 spiro atoms. The number of anilines is 1. The molecule has 4 N–H and O–H groups in total. The van der Waals surface area contributed by atoms with Crippen molar-refractivity contribution in [2.45, 2.75) is 0 Å². The Bertz CT molecular complexity index is 650. The molecule has 0 aliphatic rings. The largest absolute Gasteiger partial charge is 0.463 e. The van der Waals surface area contributed by atoms with Crippen LogP contribution in [-0.4, -0.2) is 33.8 Å².